The summed E-state index contributed by atoms with van der Waals surface area (Å²) < 4.78 is 0. The molecule has 1 saturated heterocycles. The van der Waals surface area contributed by atoms with Gasteiger partial charge in [0.05, 0.1) is 4.87 Å². The first kappa shape index (κ1) is 10.9. The third kappa shape index (κ3) is 1.68. The fourth-order valence-corrected chi connectivity index (χ4v) is 4.68. The maximum atomic E-state index is 6.05. The van der Waals surface area contributed by atoms with E-state index in [1.165, 1.54) is 24.0 Å². The number of rotatable bonds is 0. The summed E-state index contributed by atoms with van der Waals surface area (Å²) in [5.74, 6) is 0. The molecule has 1 nitrogen and oxygen atoms in total. The Morgan fingerprint density at radius 1 is 1.50 bits per heavy atom. The van der Waals surface area contributed by atoms with E-state index in [0.29, 0.717) is 0 Å². The molecular weight excluding hydrogens is 238 g/mol. The van der Waals surface area contributed by atoms with Gasteiger partial charge in [-0.15, -0.1) is 11.8 Å². The van der Waals surface area contributed by atoms with E-state index in [-0.39, 0.29) is 4.87 Å². The van der Waals surface area contributed by atoms with Crippen molar-refractivity contribution < 1.29 is 0 Å². The van der Waals surface area contributed by atoms with Crippen molar-refractivity contribution in [3.63, 3.8) is 0 Å². The molecule has 2 unspecified atom stereocenters. The van der Waals surface area contributed by atoms with Crippen LogP contribution >= 0.6 is 23.4 Å². The molecule has 1 aromatic carbocycles. The highest BCUT2D eigenvalue weighted by Gasteiger charge is 2.42. The van der Waals surface area contributed by atoms with Gasteiger partial charge in [0.25, 0.3) is 0 Å². The minimum absolute atomic E-state index is 0.178. The van der Waals surface area contributed by atoms with Crippen molar-refractivity contribution in [3.05, 3.63) is 34.3 Å². The van der Waals surface area contributed by atoms with Crippen molar-refractivity contribution in [2.45, 2.75) is 36.3 Å². The van der Waals surface area contributed by atoms with Gasteiger partial charge in [-0.2, -0.15) is 0 Å². The van der Waals surface area contributed by atoms with Gasteiger partial charge in [-0.1, -0.05) is 24.6 Å². The van der Waals surface area contributed by atoms with Crippen molar-refractivity contribution in [1.82, 2.24) is 5.32 Å². The van der Waals surface area contributed by atoms with Gasteiger partial charge in [0, 0.05) is 10.3 Å². The Morgan fingerprint density at radius 2 is 2.38 bits per heavy atom. The van der Waals surface area contributed by atoms with Crippen LogP contribution in [0.5, 0.6) is 0 Å². The Kier molecular flexibility index (Phi) is 2.69. The SMILES string of the molecule is CC1CCNC2(CCc3cc(Cl)ccc32)S1. The van der Waals surface area contributed by atoms with Gasteiger partial charge < -0.3 is 0 Å². The molecule has 0 saturated carbocycles. The summed E-state index contributed by atoms with van der Waals surface area (Å²) in [5, 5.41) is 5.34. The highest BCUT2D eigenvalue weighted by Crippen LogP contribution is 2.49. The first-order valence-corrected chi connectivity index (χ1v) is 7.17. The van der Waals surface area contributed by atoms with E-state index in [4.69, 9.17) is 11.6 Å². The normalized spacial score (nSPS) is 33.0. The number of hydrogen-bond donors (Lipinski definition) is 1. The van der Waals surface area contributed by atoms with Crippen LogP contribution in [-0.2, 0) is 11.3 Å². The molecule has 1 aliphatic heterocycles. The van der Waals surface area contributed by atoms with Crippen molar-refractivity contribution in [2.75, 3.05) is 6.54 Å². The Hall–Kier alpha value is -0.180. The molecule has 1 N–H and O–H groups in total. The molecule has 0 amide bonds. The van der Waals surface area contributed by atoms with Gasteiger partial charge in [0.15, 0.2) is 0 Å². The monoisotopic (exact) mass is 253 g/mol. The first-order chi connectivity index (χ1) is 7.70. The van der Waals surface area contributed by atoms with Gasteiger partial charge >= 0.3 is 0 Å². The summed E-state index contributed by atoms with van der Waals surface area (Å²) in [6, 6.07) is 6.37. The van der Waals surface area contributed by atoms with Gasteiger partial charge in [-0.25, -0.2) is 0 Å². The molecule has 3 heteroatoms. The molecular formula is C13H16ClNS. The Morgan fingerprint density at radius 3 is 3.19 bits per heavy atom. The lowest BCUT2D eigenvalue weighted by molar-refractivity contribution is 0.450. The van der Waals surface area contributed by atoms with Gasteiger partial charge in [0.2, 0.25) is 0 Å². The molecule has 0 aromatic heterocycles. The largest absolute Gasteiger partial charge is 0.299 e. The molecule has 0 radical (unpaired) electrons. The van der Waals surface area contributed by atoms with E-state index < -0.39 is 0 Å². The summed E-state index contributed by atoms with van der Waals surface area (Å²) in [7, 11) is 0. The molecule has 1 spiro atoms. The zero-order chi connectivity index (χ0) is 11.2. The van der Waals surface area contributed by atoms with Crippen molar-refractivity contribution in [2.24, 2.45) is 0 Å². The van der Waals surface area contributed by atoms with E-state index >= 15 is 0 Å². The zero-order valence-corrected chi connectivity index (χ0v) is 11.0. The predicted molar refractivity (Wildman–Crippen MR) is 71.1 cm³/mol. The number of thioether (sulfide) groups is 1. The minimum Gasteiger partial charge on any atom is -0.299 e. The molecule has 0 bridgehead atoms. The molecule has 1 aromatic rings. The molecule has 86 valence electrons. The van der Waals surface area contributed by atoms with Crippen LogP contribution in [0.25, 0.3) is 0 Å². The number of fused-ring (bicyclic) bond motifs is 2. The summed E-state index contributed by atoms with van der Waals surface area (Å²) in [4.78, 5) is 0.178. The van der Waals surface area contributed by atoms with E-state index in [9.17, 15) is 0 Å². The van der Waals surface area contributed by atoms with Crippen LogP contribution in [0.15, 0.2) is 18.2 Å². The standard InChI is InChI=1S/C13H16ClNS/c1-9-5-7-15-13(16-9)6-4-10-8-11(14)2-3-12(10)13/h2-3,8-9,15H,4-7H2,1H3. The lowest BCUT2D eigenvalue weighted by Crippen LogP contribution is -2.43. The Labute approximate surface area is 106 Å². The highest BCUT2D eigenvalue weighted by atomic mass is 35.5. The van der Waals surface area contributed by atoms with Crippen LogP contribution in [0.4, 0.5) is 0 Å². The zero-order valence-electron chi connectivity index (χ0n) is 9.42. The van der Waals surface area contributed by atoms with Crippen LogP contribution < -0.4 is 5.32 Å². The second-order valence-corrected chi connectivity index (χ2v) is 6.95. The van der Waals surface area contributed by atoms with Crippen LogP contribution in [0.2, 0.25) is 5.02 Å². The van der Waals surface area contributed by atoms with E-state index in [1.54, 1.807) is 0 Å². The smallest absolute Gasteiger partial charge is 0.0909 e. The number of halogens is 1. The molecule has 16 heavy (non-hydrogen) atoms. The molecule has 1 fully saturated rings. The second-order valence-electron chi connectivity index (χ2n) is 4.77. The quantitative estimate of drug-likeness (QED) is 0.759. The van der Waals surface area contributed by atoms with Gasteiger partial charge in [-0.3, -0.25) is 5.32 Å². The first-order valence-electron chi connectivity index (χ1n) is 5.91. The van der Waals surface area contributed by atoms with Crippen molar-refractivity contribution >= 4 is 23.4 Å². The molecule has 2 atom stereocenters. The maximum Gasteiger partial charge on any atom is 0.0909 e. The predicted octanol–water partition coefficient (Wildman–Crippen LogP) is 3.55. The van der Waals surface area contributed by atoms with Crippen LogP contribution in [0.3, 0.4) is 0 Å². The van der Waals surface area contributed by atoms with Crippen molar-refractivity contribution in [1.29, 1.82) is 0 Å². The van der Waals surface area contributed by atoms with Crippen LogP contribution in [0, 0.1) is 0 Å². The fraction of sp³-hybridized carbons (Fsp3) is 0.538. The highest BCUT2D eigenvalue weighted by molar-refractivity contribution is 8.00. The van der Waals surface area contributed by atoms with E-state index in [1.807, 2.05) is 6.07 Å². The molecule has 3 rings (SSSR count). The van der Waals surface area contributed by atoms with Crippen LogP contribution in [0.1, 0.15) is 30.9 Å². The van der Waals surface area contributed by atoms with E-state index in [2.05, 4.69) is 36.1 Å². The fourth-order valence-electron chi connectivity index (χ4n) is 2.84. The minimum atomic E-state index is 0.178. The van der Waals surface area contributed by atoms with Crippen LogP contribution in [-0.4, -0.2) is 11.8 Å². The number of aryl methyl sites for hydroxylation is 1. The average Bonchev–Trinajstić information content (AvgIpc) is 2.57. The number of hydrogen-bond acceptors (Lipinski definition) is 2. The third-order valence-corrected chi connectivity index (χ3v) is 5.46. The number of benzene rings is 1. The molecule has 2 aliphatic rings. The lowest BCUT2D eigenvalue weighted by Gasteiger charge is -2.38. The lowest BCUT2D eigenvalue weighted by atomic mass is 10.1. The number of nitrogens with one attached hydrogen (secondary N) is 1. The average molecular weight is 254 g/mol. The maximum absolute atomic E-state index is 6.05. The summed E-state index contributed by atoms with van der Waals surface area (Å²) in [5.41, 5.74) is 2.90. The Bertz CT molecular complexity index is 420. The Balaban J connectivity index is 2.01. The summed E-state index contributed by atoms with van der Waals surface area (Å²) >= 11 is 8.14. The van der Waals surface area contributed by atoms with Gasteiger partial charge in [0.1, 0.15) is 0 Å². The summed E-state index contributed by atoms with van der Waals surface area (Å²) in [6.07, 6.45) is 3.63. The molecule has 1 heterocycles. The third-order valence-electron chi connectivity index (χ3n) is 3.61. The molecule has 1 aliphatic carbocycles. The topological polar surface area (TPSA) is 12.0 Å². The van der Waals surface area contributed by atoms with Gasteiger partial charge in [-0.05, 0) is 49.1 Å². The summed E-state index contributed by atoms with van der Waals surface area (Å²) in [6.45, 7) is 3.47. The second kappa shape index (κ2) is 3.94. The van der Waals surface area contributed by atoms with E-state index in [0.717, 1.165) is 23.2 Å². The van der Waals surface area contributed by atoms with Crippen molar-refractivity contribution in [3.8, 4) is 0 Å².